The Hall–Kier alpha value is -2.05. The number of hydrogen-bond acceptors (Lipinski definition) is 6. The highest BCUT2D eigenvalue weighted by atomic mass is 32.1. The van der Waals surface area contributed by atoms with Crippen LogP contribution in [-0.4, -0.2) is 38.0 Å². The van der Waals surface area contributed by atoms with Crippen LogP contribution in [0.2, 0.25) is 0 Å². The Morgan fingerprint density at radius 2 is 2.09 bits per heavy atom. The van der Waals surface area contributed by atoms with E-state index < -0.39 is 0 Å². The second-order valence-electron chi connectivity index (χ2n) is 5.93. The van der Waals surface area contributed by atoms with E-state index in [0.717, 1.165) is 42.7 Å². The summed E-state index contributed by atoms with van der Waals surface area (Å²) in [7, 11) is 0. The van der Waals surface area contributed by atoms with Gasteiger partial charge in [0, 0.05) is 31.7 Å². The molecule has 1 N–H and O–H groups in total. The molecule has 0 aliphatic carbocycles. The van der Waals surface area contributed by atoms with Gasteiger partial charge in [-0.2, -0.15) is 0 Å². The van der Waals surface area contributed by atoms with Crippen molar-refractivity contribution in [2.24, 2.45) is 0 Å². The number of aromatic hydroxyl groups is 1. The zero-order valence-corrected chi connectivity index (χ0v) is 13.8. The Balaban J connectivity index is 1.56. The fourth-order valence-electron chi connectivity index (χ4n) is 3.22. The number of fused-ring (bicyclic) bond motifs is 2. The van der Waals surface area contributed by atoms with Crippen LogP contribution in [0, 0.1) is 0 Å². The lowest BCUT2D eigenvalue weighted by atomic mass is 10.1. The molecular weight excluding hydrogens is 308 g/mol. The number of aromatic nitrogens is 3. The van der Waals surface area contributed by atoms with Crippen molar-refractivity contribution in [1.82, 2.24) is 19.9 Å². The zero-order valence-electron chi connectivity index (χ0n) is 12.9. The van der Waals surface area contributed by atoms with Crippen molar-refractivity contribution in [2.75, 3.05) is 13.1 Å². The minimum Gasteiger partial charge on any atom is -0.479 e. The van der Waals surface area contributed by atoms with Crippen LogP contribution in [-0.2, 0) is 12.8 Å². The highest BCUT2D eigenvalue weighted by Gasteiger charge is 2.21. The molecule has 1 atom stereocenters. The molecule has 5 nitrogen and oxygen atoms in total. The van der Waals surface area contributed by atoms with E-state index in [2.05, 4.69) is 45.0 Å². The van der Waals surface area contributed by atoms with E-state index in [1.807, 2.05) is 5.51 Å². The quantitative estimate of drug-likeness (QED) is 0.784. The standard InChI is InChI=1S/C17H18N4OS/c1-11(12-2-3-16-15(8-12)19-10-23-16)21-6-4-13-9-18-17(22)20-14(13)5-7-21/h2-3,8-11H,4-7H2,1H3,(H,18,20,22). The third-order valence-corrected chi connectivity index (χ3v) is 5.44. The zero-order chi connectivity index (χ0) is 15.8. The molecule has 23 heavy (non-hydrogen) atoms. The third kappa shape index (κ3) is 2.80. The first-order valence-corrected chi connectivity index (χ1v) is 8.69. The van der Waals surface area contributed by atoms with Gasteiger partial charge in [0.1, 0.15) is 0 Å². The van der Waals surface area contributed by atoms with E-state index >= 15 is 0 Å². The largest absolute Gasteiger partial charge is 0.479 e. The molecular formula is C17H18N4OS. The molecule has 0 radical (unpaired) electrons. The van der Waals surface area contributed by atoms with Crippen LogP contribution in [0.15, 0.2) is 29.9 Å². The Labute approximate surface area is 138 Å². The van der Waals surface area contributed by atoms with Gasteiger partial charge in [-0.15, -0.1) is 11.3 Å². The average molecular weight is 326 g/mol. The van der Waals surface area contributed by atoms with E-state index in [0.29, 0.717) is 6.04 Å². The Bertz CT molecular complexity index is 847. The molecule has 0 amide bonds. The summed E-state index contributed by atoms with van der Waals surface area (Å²) < 4.78 is 1.23. The maximum atomic E-state index is 9.47. The third-order valence-electron chi connectivity index (χ3n) is 4.63. The van der Waals surface area contributed by atoms with E-state index in [4.69, 9.17) is 0 Å². The first kappa shape index (κ1) is 14.5. The molecule has 6 heteroatoms. The van der Waals surface area contributed by atoms with Crippen molar-refractivity contribution < 1.29 is 5.11 Å². The highest BCUT2D eigenvalue weighted by molar-refractivity contribution is 7.16. The molecule has 118 valence electrons. The summed E-state index contributed by atoms with van der Waals surface area (Å²) in [5.41, 5.74) is 6.39. The molecule has 2 aromatic heterocycles. The second-order valence-corrected chi connectivity index (χ2v) is 6.82. The Morgan fingerprint density at radius 3 is 3.00 bits per heavy atom. The van der Waals surface area contributed by atoms with Crippen molar-refractivity contribution in [2.45, 2.75) is 25.8 Å². The molecule has 0 fully saturated rings. The van der Waals surface area contributed by atoms with E-state index in [1.54, 1.807) is 17.5 Å². The minimum atomic E-state index is -0.126. The van der Waals surface area contributed by atoms with Gasteiger partial charge in [0.05, 0.1) is 21.4 Å². The van der Waals surface area contributed by atoms with E-state index in [-0.39, 0.29) is 6.01 Å². The monoisotopic (exact) mass is 326 g/mol. The van der Waals surface area contributed by atoms with Gasteiger partial charge < -0.3 is 5.11 Å². The van der Waals surface area contributed by atoms with Crippen LogP contribution < -0.4 is 0 Å². The number of nitrogens with zero attached hydrogens (tertiary/aromatic N) is 4. The van der Waals surface area contributed by atoms with Gasteiger partial charge in [-0.25, -0.2) is 15.0 Å². The van der Waals surface area contributed by atoms with E-state index in [9.17, 15) is 5.11 Å². The van der Waals surface area contributed by atoms with Crippen LogP contribution >= 0.6 is 11.3 Å². The molecule has 0 spiro atoms. The lowest BCUT2D eigenvalue weighted by molar-refractivity contribution is 0.221. The molecule has 0 saturated carbocycles. The summed E-state index contributed by atoms with van der Waals surface area (Å²) in [6.45, 7) is 4.14. The lowest BCUT2D eigenvalue weighted by Crippen LogP contribution is -2.29. The van der Waals surface area contributed by atoms with Crippen molar-refractivity contribution in [3.8, 4) is 6.01 Å². The smallest absolute Gasteiger partial charge is 0.314 e. The summed E-state index contributed by atoms with van der Waals surface area (Å²) >= 11 is 1.68. The fourth-order valence-corrected chi connectivity index (χ4v) is 3.87. The topological polar surface area (TPSA) is 62.1 Å². The Morgan fingerprint density at radius 1 is 1.22 bits per heavy atom. The van der Waals surface area contributed by atoms with Gasteiger partial charge >= 0.3 is 6.01 Å². The molecule has 1 unspecified atom stereocenters. The van der Waals surface area contributed by atoms with Gasteiger partial charge in [0.15, 0.2) is 0 Å². The molecule has 0 bridgehead atoms. The van der Waals surface area contributed by atoms with Gasteiger partial charge in [0.2, 0.25) is 0 Å². The summed E-state index contributed by atoms with van der Waals surface area (Å²) in [6, 6.07) is 6.76. The summed E-state index contributed by atoms with van der Waals surface area (Å²) in [5, 5.41) is 9.47. The van der Waals surface area contributed by atoms with Crippen LogP contribution in [0.5, 0.6) is 6.01 Å². The molecule has 3 heterocycles. The first-order valence-electron chi connectivity index (χ1n) is 7.81. The summed E-state index contributed by atoms with van der Waals surface area (Å²) in [5.74, 6) is 0. The summed E-state index contributed by atoms with van der Waals surface area (Å²) in [6.07, 6.45) is 3.51. The normalized spacial score (nSPS) is 16.9. The molecule has 3 aromatic rings. The van der Waals surface area contributed by atoms with Crippen molar-refractivity contribution >= 4 is 21.6 Å². The molecule has 1 aromatic carbocycles. The maximum Gasteiger partial charge on any atom is 0.314 e. The van der Waals surface area contributed by atoms with Crippen molar-refractivity contribution in [3.63, 3.8) is 0 Å². The highest BCUT2D eigenvalue weighted by Crippen LogP contribution is 2.27. The second kappa shape index (κ2) is 5.86. The van der Waals surface area contributed by atoms with Gasteiger partial charge in [-0.3, -0.25) is 4.90 Å². The molecule has 4 rings (SSSR count). The van der Waals surface area contributed by atoms with Gasteiger partial charge in [0.25, 0.3) is 0 Å². The van der Waals surface area contributed by atoms with Gasteiger partial charge in [-0.05, 0) is 36.6 Å². The molecule has 0 saturated heterocycles. The number of benzene rings is 1. The fraction of sp³-hybridized carbons (Fsp3) is 0.353. The van der Waals surface area contributed by atoms with Crippen LogP contribution in [0.3, 0.4) is 0 Å². The van der Waals surface area contributed by atoms with Crippen LogP contribution in [0.25, 0.3) is 10.2 Å². The maximum absolute atomic E-state index is 9.47. The predicted molar refractivity (Wildman–Crippen MR) is 90.7 cm³/mol. The van der Waals surface area contributed by atoms with Crippen LogP contribution in [0.1, 0.15) is 29.8 Å². The first-order chi connectivity index (χ1) is 11.2. The molecule has 1 aliphatic heterocycles. The average Bonchev–Trinajstić information content (AvgIpc) is 2.93. The SMILES string of the molecule is CC(c1ccc2scnc2c1)N1CCc2cnc(O)nc2CC1. The number of rotatable bonds is 2. The predicted octanol–water partition coefficient (Wildman–Crippen LogP) is 2.95. The minimum absolute atomic E-state index is 0.126. The van der Waals surface area contributed by atoms with Crippen LogP contribution in [0.4, 0.5) is 0 Å². The van der Waals surface area contributed by atoms with Crippen molar-refractivity contribution in [1.29, 1.82) is 0 Å². The summed E-state index contributed by atoms with van der Waals surface area (Å²) in [4.78, 5) is 15.0. The number of hydrogen-bond donors (Lipinski definition) is 1. The number of thiazole rings is 1. The molecule has 1 aliphatic rings. The van der Waals surface area contributed by atoms with Gasteiger partial charge in [-0.1, -0.05) is 6.07 Å². The lowest BCUT2D eigenvalue weighted by Gasteiger charge is -2.27. The van der Waals surface area contributed by atoms with E-state index in [1.165, 1.54) is 10.3 Å². The Kier molecular flexibility index (Phi) is 3.71. The van der Waals surface area contributed by atoms with Crippen molar-refractivity contribution in [3.05, 3.63) is 46.7 Å².